The number of nitrogens with two attached hydrogens (primary N) is 1. The molecule has 9 heteroatoms. The Labute approximate surface area is 241 Å². The second-order valence-corrected chi connectivity index (χ2v) is 10.3. The summed E-state index contributed by atoms with van der Waals surface area (Å²) in [6, 6.07) is 29.9. The summed E-state index contributed by atoms with van der Waals surface area (Å²) in [6.07, 6.45) is -4.06. The Bertz CT molecular complexity index is 1690. The van der Waals surface area contributed by atoms with Crippen LogP contribution in [0.25, 0.3) is 22.6 Å². The van der Waals surface area contributed by atoms with Crippen LogP contribution in [-0.4, -0.2) is 16.4 Å². The van der Waals surface area contributed by atoms with Crippen molar-refractivity contribution in [3.63, 3.8) is 0 Å². The quantitative estimate of drug-likeness (QED) is 0.197. The molecule has 0 spiro atoms. The molecule has 0 radical (unpaired) electrons. The van der Waals surface area contributed by atoms with E-state index in [0.29, 0.717) is 34.2 Å². The van der Waals surface area contributed by atoms with Crippen LogP contribution in [0.5, 0.6) is 0 Å². The average Bonchev–Trinajstić information content (AvgIpc) is 3.49. The van der Waals surface area contributed by atoms with Gasteiger partial charge in [0.05, 0.1) is 17.2 Å². The maximum Gasteiger partial charge on any atom is 0.407 e. The highest BCUT2D eigenvalue weighted by Gasteiger charge is 2.40. The fourth-order valence-electron chi connectivity index (χ4n) is 4.86. The molecule has 212 valence electrons. The molecule has 2 atom stereocenters. The second-order valence-electron chi connectivity index (χ2n) is 10.3. The van der Waals surface area contributed by atoms with E-state index in [-0.39, 0.29) is 23.9 Å². The van der Waals surface area contributed by atoms with Crippen molar-refractivity contribution in [1.29, 1.82) is 5.26 Å². The number of aromatic nitrogens is 2. The standard InChI is InChI=1S/C33H28F3N5O/c1-32(38,19-22-10-4-2-5-11-22)31-41-40-30(42-31)27-17-23(16-26(18-27)28-15-9-8-14-25(28)20-37)21-39-29(33(34,35)36)24-12-6-3-7-13-24/h2-18,29,39H,19,21,38H2,1H3. The summed E-state index contributed by atoms with van der Waals surface area (Å²) in [5.41, 5.74) is 9.45. The fraction of sp³-hybridized carbons (Fsp3) is 0.182. The molecule has 5 rings (SSSR count). The monoisotopic (exact) mass is 567 g/mol. The molecule has 0 amide bonds. The van der Waals surface area contributed by atoms with E-state index in [1.165, 1.54) is 12.1 Å². The summed E-state index contributed by atoms with van der Waals surface area (Å²) >= 11 is 0. The minimum absolute atomic E-state index is 0.110. The van der Waals surface area contributed by atoms with E-state index in [9.17, 15) is 18.4 Å². The SMILES string of the molecule is CC(N)(Cc1ccccc1)c1nnc(-c2cc(CNC(c3ccccc3)C(F)(F)F)cc(-c3ccccc3C#N)c2)o1. The molecule has 0 fully saturated rings. The lowest BCUT2D eigenvalue weighted by molar-refractivity contribution is -0.158. The van der Waals surface area contributed by atoms with Gasteiger partial charge in [-0.1, -0.05) is 78.9 Å². The van der Waals surface area contributed by atoms with Gasteiger partial charge in [0.2, 0.25) is 11.8 Å². The Balaban J connectivity index is 1.51. The highest BCUT2D eigenvalue weighted by molar-refractivity contribution is 5.75. The molecule has 1 aromatic heterocycles. The van der Waals surface area contributed by atoms with Crippen LogP contribution < -0.4 is 11.1 Å². The van der Waals surface area contributed by atoms with Crippen molar-refractivity contribution in [1.82, 2.24) is 15.5 Å². The number of nitriles is 1. The number of hydrogen-bond acceptors (Lipinski definition) is 6. The van der Waals surface area contributed by atoms with Gasteiger partial charge in [-0.15, -0.1) is 10.2 Å². The molecule has 0 aliphatic heterocycles. The summed E-state index contributed by atoms with van der Waals surface area (Å²) in [5.74, 6) is 0.396. The van der Waals surface area contributed by atoms with Crippen LogP contribution in [0, 0.1) is 11.3 Å². The van der Waals surface area contributed by atoms with Gasteiger partial charge in [0, 0.05) is 12.1 Å². The topological polar surface area (TPSA) is 101 Å². The van der Waals surface area contributed by atoms with Gasteiger partial charge in [0.15, 0.2) is 0 Å². The van der Waals surface area contributed by atoms with Gasteiger partial charge < -0.3 is 10.2 Å². The molecular weight excluding hydrogens is 539 g/mol. The lowest BCUT2D eigenvalue weighted by atomic mass is 9.94. The first-order valence-electron chi connectivity index (χ1n) is 13.3. The van der Waals surface area contributed by atoms with Crippen molar-refractivity contribution >= 4 is 0 Å². The molecule has 42 heavy (non-hydrogen) atoms. The van der Waals surface area contributed by atoms with E-state index in [0.717, 1.165) is 5.56 Å². The molecule has 0 aliphatic rings. The van der Waals surface area contributed by atoms with Gasteiger partial charge in [0.1, 0.15) is 6.04 Å². The number of halogens is 3. The van der Waals surface area contributed by atoms with E-state index in [1.54, 1.807) is 67.6 Å². The van der Waals surface area contributed by atoms with Gasteiger partial charge in [-0.25, -0.2) is 0 Å². The summed E-state index contributed by atoms with van der Waals surface area (Å²) in [4.78, 5) is 0. The third-order valence-corrected chi connectivity index (χ3v) is 6.90. The lowest BCUT2D eigenvalue weighted by Crippen LogP contribution is -2.35. The zero-order valence-corrected chi connectivity index (χ0v) is 22.8. The van der Waals surface area contributed by atoms with Crippen LogP contribution in [-0.2, 0) is 18.5 Å². The van der Waals surface area contributed by atoms with Crippen LogP contribution >= 0.6 is 0 Å². The van der Waals surface area contributed by atoms with Crippen LogP contribution in [0.1, 0.15) is 41.1 Å². The van der Waals surface area contributed by atoms with E-state index in [4.69, 9.17) is 10.2 Å². The molecule has 2 unspecified atom stereocenters. The van der Waals surface area contributed by atoms with Gasteiger partial charge in [-0.05, 0) is 65.4 Å². The van der Waals surface area contributed by atoms with Crippen LogP contribution in [0.4, 0.5) is 13.2 Å². The molecule has 0 aliphatic carbocycles. The molecule has 3 N–H and O–H groups in total. The van der Waals surface area contributed by atoms with Crippen molar-refractivity contribution < 1.29 is 17.6 Å². The van der Waals surface area contributed by atoms with Crippen molar-refractivity contribution in [2.75, 3.05) is 0 Å². The first kappa shape index (κ1) is 28.7. The van der Waals surface area contributed by atoms with Crippen LogP contribution in [0.3, 0.4) is 0 Å². The Kier molecular flexibility index (Phi) is 8.20. The number of rotatable bonds is 9. The van der Waals surface area contributed by atoms with Crippen molar-refractivity contribution in [3.8, 4) is 28.7 Å². The molecule has 4 aromatic carbocycles. The molecule has 5 aromatic rings. The molecule has 0 saturated carbocycles. The summed E-state index contributed by atoms with van der Waals surface area (Å²) in [6.45, 7) is 1.69. The van der Waals surface area contributed by atoms with Crippen molar-refractivity contribution in [2.45, 2.75) is 37.6 Å². The van der Waals surface area contributed by atoms with E-state index < -0.39 is 17.8 Å². The van der Waals surface area contributed by atoms with Crippen molar-refractivity contribution in [3.05, 3.63) is 131 Å². The van der Waals surface area contributed by atoms with Crippen molar-refractivity contribution in [2.24, 2.45) is 5.73 Å². The fourth-order valence-corrected chi connectivity index (χ4v) is 4.86. The summed E-state index contributed by atoms with van der Waals surface area (Å²) < 4.78 is 48.1. The van der Waals surface area contributed by atoms with Crippen LogP contribution in [0.15, 0.2) is 108 Å². The third kappa shape index (κ3) is 6.57. The Morgan fingerprint density at radius 3 is 2.19 bits per heavy atom. The second kappa shape index (κ2) is 12.0. The van der Waals surface area contributed by atoms with E-state index in [2.05, 4.69) is 21.6 Å². The first-order valence-corrected chi connectivity index (χ1v) is 13.3. The number of nitrogens with one attached hydrogen (secondary N) is 1. The molecule has 6 nitrogen and oxygen atoms in total. The largest absolute Gasteiger partial charge is 0.419 e. The van der Waals surface area contributed by atoms with E-state index >= 15 is 0 Å². The third-order valence-electron chi connectivity index (χ3n) is 6.90. The van der Waals surface area contributed by atoms with Gasteiger partial charge in [-0.3, -0.25) is 5.32 Å². The predicted molar refractivity (Wildman–Crippen MR) is 154 cm³/mol. The highest BCUT2D eigenvalue weighted by Crippen LogP contribution is 2.35. The zero-order chi connectivity index (χ0) is 29.7. The Morgan fingerprint density at radius 1 is 0.857 bits per heavy atom. The number of benzene rings is 4. The molecule has 0 saturated heterocycles. The Morgan fingerprint density at radius 2 is 1.50 bits per heavy atom. The zero-order valence-electron chi connectivity index (χ0n) is 22.8. The predicted octanol–water partition coefficient (Wildman–Crippen LogP) is 7.09. The van der Waals surface area contributed by atoms with Crippen LogP contribution in [0.2, 0.25) is 0 Å². The maximum atomic E-state index is 14.0. The highest BCUT2D eigenvalue weighted by atomic mass is 19.4. The first-order chi connectivity index (χ1) is 20.1. The molecular formula is C33H28F3N5O. The lowest BCUT2D eigenvalue weighted by Gasteiger charge is -2.22. The normalized spacial score (nSPS) is 13.7. The maximum absolute atomic E-state index is 14.0. The van der Waals surface area contributed by atoms with E-state index in [1.807, 2.05) is 30.3 Å². The smallest absolute Gasteiger partial charge is 0.407 e. The number of alkyl halides is 3. The average molecular weight is 568 g/mol. The van der Waals surface area contributed by atoms with Gasteiger partial charge in [-0.2, -0.15) is 18.4 Å². The summed E-state index contributed by atoms with van der Waals surface area (Å²) in [7, 11) is 0. The van der Waals surface area contributed by atoms with Gasteiger partial charge in [0.25, 0.3) is 0 Å². The Hall–Kier alpha value is -4.78. The number of nitrogens with zero attached hydrogens (tertiary/aromatic N) is 3. The summed E-state index contributed by atoms with van der Waals surface area (Å²) in [5, 5.41) is 20.8. The van der Waals surface area contributed by atoms with Gasteiger partial charge >= 0.3 is 6.18 Å². The minimum Gasteiger partial charge on any atom is -0.419 e. The molecule has 0 bridgehead atoms. The minimum atomic E-state index is -4.51. The molecule has 1 heterocycles. The number of hydrogen-bond donors (Lipinski definition) is 2.